The quantitative estimate of drug-likeness (QED) is 0.709. The maximum Gasteiger partial charge on any atom is 0.239 e. The molecule has 0 saturated carbocycles. The van der Waals surface area contributed by atoms with Crippen LogP contribution in [0.15, 0.2) is 0 Å². The van der Waals surface area contributed by atoms with Crippen LogP contribution in [0.5, 0.6) is 0 Å². The number of hydrogen-bond donors (Lipinski definition) is 3. The van der Waals surface area contributed by atoms with Gasteiger partial charge in [-0.1, -0.05) is 6.92 Å². The molecule has 0 saturated heterocycles. The predicted octanol–water partition coefficient (Wildman–Crippen LogP) is 1.12. The second-order valence-electron chi connectivity index (χ2n) is 4.65. The molecule has 1 aromatic heterocycles. The second-order valence-corrected chi connectivity index (χ2v) is 4.65. The number of carbonyl (C=O) groups excluding carboxylic acids is 1. The molecule has 0 fully saturated rings. The van der Waals surface area contributed by atoms with E-state index in [0.717, 1.165) is 24.5 Å². The molecule has 6 heteroatoms. The Bertz CT molecular complexity index is 411. The molecule has 6 nitrogen and oxygen atoms in total. The summed E-state index contributed by atoms with van der Waals surface area (Å²) < 4.78 is 1.81. The normalized spacial score (nSPS) is 10.7. The van der Waals surface area contributed by atoms with Gasteiger partial charge >= 0.3 is 0 Å². The Labute approximate surface area is 108 Å². The lowest BCUT2D eigenvalue weighted by molar-refractivity contribution is -0.119. The Morgan fingerprint density at radius 2 is 2.17 bits per heavy atom. The van der Waals surface area contributed by atoms with Crippen molar-refractivity contribution in [2.45, 2.75) is 46.7 Å². The van der Waals surface area contributed by atoms with Crippen LogP contribution in [0.4, 0.5) is 11.5 Å². The molecule has 0 aliphatic rings. The number of nitrogens with one attached hydrogen (secondary N) is 2. The van der Waals surface area contributed by atoms with Gasteiger partial charge in [0.1, 0.15) is 5.82 Å². The average molecular weight is 253 g/mol. The lowest BCUT2D eigenvalue weighted by atomic mass is 10.3. The van der Waals surface area contributed by atoms with Gasteiger partial charge in [0.25, 0.3) is 0 Å². The van der Waals surface area contributed by atoms with Crippen LogP contribution in [0.1, 0.15) is 32.9 Å². The number of aromatic nitrogens is 2. The summed E-state index contributed by atoms with van der Waals surface area (Å²) in [5, 5.41) is 10.2. The molecule has 0 radical (unpaired) electrons. The van der Waals surface area contributed by atoms with Crippen molar-refractivity contribution < 1.29 is 4.79 Å². The third kappa shape index (κ3) is 3.65. The van der Waals surface area contributed by atoms with E-state index in [9.17, 15) is 4.79 Å². The fraction of sp³-hybridized carbons (Fsp3) is 0.667. The number of nitrogens with zero attached hydrogens (tertiary/aromatic N) is 2. The molecule has 0 atom stereocenters. The highest BCUT2D eigenvalue weighted by molar-refractivity contribution is 5.82. The molecule has 4 N–H and O–H groups in total. The Hall–Kier alpha value is -1.72. The van der Waals surface area contributed by atoms with Crippen LogP contribution >= 0.6 is 0 Å². The summed E-state index contributed by atoms with van der Waals surface area (Å²) in [6.07, 6.45) is 0.966. The van der Waals surface area contributed by atoms with Crippen molar-refractivity contribution in [2.24, 2.45) is 0 Å². The van der Waals surface area contributed by atoms with Crippen LogP contribution in [0, 0.1) is 6.92 Å². The number of anilines is 2. The van der Waals surface area contributed by atoms with Crippen molar-refractivity contribution in [3.63, 3.8) is 0 Å². The van der Waals surface area contributed by atoms with Gasteiger partial charge in [0, 0.05) is 12.6 Å². The van der Waals surface area contributed by atoms with Crippen molar-refractivity contribution in [1.82, 2.24) is 15.1 Å². The average Bonchev–Trinajstić information content (AvgIpc) is 2.52. The first kappa shape index (κ1) is 14.3. The van der Waals surface area contributed by atoms with Gasteiger partial charge < -0.3 is 16.4 Å². The number of rotatable bonds is 6. The maximum absolute atomic E-state index is 11.6. The van der Waals surface area contributed by atoms with Crippen LogP contribution in [-0.4, -0.2) is 28.3 Å². The molecule has 102 valence electrons. The van der Waals surface area contributed by atoms with Crippen LogP contribution in [-0.2, 0) is 11.3 Å². The van der Waals surface area contributed by atoms with Gasteiger partial charge in [-0.05, 0) is 27.2 Å². The molecule has 0 unspecified atom stereocenters. The number of amides is 1. The van der Waals surface area contributed by atoms with E-state index in [0.29, 0.717) is 5.69 Å². The minimum atomic E-state index is -0.0497. The van der Waals surface area contributed by atoms with Crippen molar-refractivity contribution in [3.8, 4) is 0 Å². The number of aryl methyl sites for hydroxylation is 2. The topological polar surface area (TPSA) is 85.0 Å². The Morgan fingerprint density at radius 3 is 2.72 bits per heavy atom. The van der Waals surface area contributed by atoms with Gasteiger partial charge in [-0.25, -0.2) is 4.68 Å². The molecule has 1 aromatic rings. The number of carbonyl (C=O) groups is 1. The molecule has 0 spiro atoms. The Morgan fingerprint density at radius 1 is 1.50 bits per heavy atom. The van der Waals surface area contributed by atoms with Gasteiger partial charge in [0.2, 0.25) is 5.91 Å². The largest absolute Gasteiger partial charge is 0.394 e. The zero-order chi connectivity index (χ0) is 13.7. The van der Waals surface area contributed by atoms with Crippen LogP contribution < -0.4 is 16.4 Å². The highest BCUT2D eigenvalue weighted by Gasteiger charge is 2.13. The van der Waals surface area contributed by atoms with E-state index in [4.69, 9.17) is 5.73 Å². The smallest absolute Gasteiger partial charge is 0.239 e. The minimum absolute atomic E-state index is 0.0497. The summed E-state index contributed by atoms with van der Waals surface area (Å²) in [5.74, 6) is 0.680. The Balaban J connectivity index is 2.68. The molecule has 0 aliphatic carbocycles. The van der Waals surface area contributed by atoms with Crippen LogP contribution in [0.25, 0.3) is 0 Å². The maximum atomic E-state index is 11.6. The van der Waals surface area contributed by atoms with Crippen LogP contribution in [0.3, 0.4) is 0 Å². The van der Waals surface area contributed by atoms with Gasteiger partial charge in [0.15, 0.2) is 0 Å². The summed E-state index contributed by atoms with van der Waals surface area (Å²) >= 11 is 0. The number of hydrogen-bond acceptors (Lipinski definition) is 4. The first-order chi connectivity index (χ1) is 8.45. The lowest BCUT2D eigenvalue weighted by Crippen LogP contribution is -2.35. The number of nitrogen functional groups attached to an aromatic ring is 1. The minimum Gasteiger partial charge on any atom is -0.394 e. The molecule has 18 heavy (non-hydrogen) atoms. The van der Waals surface area contributed by atoms with Gasteiger partial charge in [-0.3, -0.25) is 4.79 Å². The van der Waals surface area contributed by atoms with E-state index >= 15 is 0 Å². The second kappa shape index (κ2) is 6.28. The molecule has 1 heterocycles. The predicted molar refractivity (Wildman–Crippen MR) is 73.4 cm³/mol. The van der Waals surface area contributed by atoms with E-state index in [1.54, 1.807) is 0 Å². The fourth-order valence-corrected chi connectivity index (χ4v) is 1.69. The SMILES string of the molecule is CCCn1nc(C)c(N)c1NCC(=O)NC(C)C. The first-order valence-electron chi connectivity index (χ1n) is 6.31. The zero-order valence-electron chi connectivity index (χ0n) is 11.6. The molecule has 1 rings (SSSR count). The van der Waals surface area contributed by atoms with E-state index in [-0.39, 0.29) is 18.5 Å². The lowest BCUT2D eigenvalue weighted by Gasteiger charge is -2.12. The van der Waals surface area contributed by atoms with E-state index in [1.165, 1.54) is 0 Å². The number of nitrogens with two attached hydrogens (primary N) is 1. The highest BCUT2D eigenvalue weighted by Crippen LogP contribution is 2.22. The van der Waals surface area contributed by atoms with E-state index in [1.807, 2.05) is 25.5 Å². The van der Waals surface area contributed by atoms with Gasteiger partial charge in [-0.2, -0.15) is 5.10 Å². The van der Waals surface area contributed by atoms with Crippen molar-refractivity contribution in [1.29, 1.82) is 0 Å². The molecule has 0 aliphatic heterocycles. The Kier molecular flexibility index (Phi) is 5.00. The molecule has 0 bridgehead atoms. The van der Waals surface area contributed by atoms with Crippen molar-refractivity contribution >= 4 is 17.4 Å². The summed E-state index contributed by atoms with van der Waals surface area (Å²) in [7, 11) is 0. The molecule has 1 amide bonds. The monoisotopic (exact) mass is 253 g/mol. The summed E-state index contributed by atoms with van der Waals surface area (Å²) in [6, 6.07) is 0.138. The van der Waals surface area contributed by atoms with Gasteiger partial charge in [0.05, 0.1) is 17.9 Å². The molecular formula is C12H23N5O. The molecular weight excluding hydrogens is 230 g/mol. The third-order valence-corrected chi connectivity index (χ3v) is 2.48. The summed E-state index contributed by atoms with van der Waals surface area (Å²) in [4.78, 5) is 11.6. The summed E-state index contributed by atoms with van der Waals surface area (Å²) in [6.45, 7) is 8.78. The fourth-order valence-electron chi connectivity index (χ4n) is 1.69. The standard InChI is InChI=1S/C12H23N5O/c1-5-6-17-12(11(13)9(4)16-17)14-7-10(18)15-8(2)3/h8,14H,5-7,13H2,1-4H3,(H,15,18). The molecule has 0 aromatic carbocycles. The third-order valence-electron chi connectivity index (χ3n) is 2.48. The highest BCUT2D eigenvalue weighted by atomic mass is 16.1. The van der Waals surface area contributed by atoms with Crippen molar-refractivity contribution in [3.05, 3.63) is 5.69 Å². The van der Waals surface area contributed by atoms with E-state index < -0.39 is 0 Å². The summed E-state index contributed by atoms with van der Waals surface area (Å²) in [5.41, 5.74) is 7.34. The zero-order valence-corrected chi connectivity index (χ0v) is 11.6. The van der Waals surface area contributed by atoms with Crippen LogP contribution in [0.2, 0.25) is 0 Å². The van der Waals surface area contributed by atoms with E-state index in [2.05, 4.69) is 22.7 Å². The first-order valence-corrected chi connectivity index (χ1v) is 6.31. The van der Waals surface area contributed by atoms with Gasteiger partial charge in [-0.15, -0.1) is 0 Å². The van der Waals surface area contributed by atoms with Crippen molar-refractivity contribution in [2.75, 3.05) is 17.6 Å².